The van der Waals surface area contributed by atoms with Crippen molar-refractivity contribution in [2.75, 3.05) is 26.2 Å². The Hall–Kier alpha value is -1.10. The van der Waals surface area contributed by atoms with Gasteiger partial charge in [0.1, 0.15) is 0 Å². The summed E-state index contributed by atoms with van der Waals surface area (Å²) in [5.41, 5.74) is -0.615. The van der Waals surface area contributed by atoms with Gasteiger partial charge in [-0.3, -0.25) is 9.59 Å². The number of hydrogen-bond acceptors (Lipinski definition) is 3. The highest BCUT2D eigenvalue weighted by atomic mass is 16.4. The number of rotatable bonds is 3. The molecule has 2 rings (SSSR count). The van der Waals surface area contributed by atoms with E-state index in [0.29, 0.717) is 38.3 Å². The summed E-state index contributed by atoms with van der Waals surface area (Å²) < 4.78 is 0. The maximum Gasteiger partial charge on any atom is 0.309 e. The third-order valence-electron chi connectivity index (χ3n) is 5.00. The van der Waals surface area contributed by atoms with Crippen molar-refractivity contribution in [2.24, 2.45) is 17.3 Å². The molecule has 2 aliphatic rings. The molecule has 0 aromatic heterocycles. The number of likely N-dealkylation sites (tertiary alicyclic amines) is 1. The van der Waals surface area contributed by atoms with Crippen LogP contribution in [0, 0.1) is 17.3 Å². The molecular formula is C14H24N2O3. The van der Waals surface area contributed by atoms with Crippen LogP contribution in [0.25, 0.3) is 0 Å². The number of carboxylic acid groups (broad SMARTS) is 1. The molecule has 1 amide bonds. The molecule has 0 saturated carbocycles. The largest absolute Gasteiger partial charge is 0.481 e. The van der Waals surface area contributed by atoms with Crippen LogP contribution >= 0.6 is 0 Å². The molecule has 2 N–H and O–H groups in total. The van der Waals surface area contributed by atoms with E-state index in [2.05, 4.69) is 12.2 Å². The number of amides is 1. The monoisotopic (exact) mass is 268 g/mol. The highest BCUT2D eigenvalue weighted by Gasteiger charge is 2.42. The van der Waals surface area contributed by atoms with Gasteiger partial charge in [0.15, 0.2) is 0 Å². The van der Waals surface area contributed by atoms with Crippen LogP contribution in [-0.2, 0) is 9.59 Å². The van der Waals surface area contributed by atoms with Crippen LogP contribution in [0.5, 0.6) is 0 Å². The quantitative estimate of drug-likeness (QED) is 0.799. The lowest BCUT2D eigenvalue weighted by Gasteiger charge is -2.39. The lowest BCUT2D eigenvalue weighted by molar-refractivity contribution is -0.155. The molecule has 0 aromatic rings. The number of piperidine rings is 1. The van der Waals surface area contributed by atoms with Crippen molar-refractivity contribution < 1.29 is 14.7 Å². The van der Waals surface area contributed by atoms with Gasteiger partial charge in [0.25, 0.3) is 0 Å². The van der Waals surface area contributed by atoms with Crippen LogP contribution in [0.15, 0.2) is 0 Å². The minimum absolute atomic E-state index is 0.0685. The van der Waals surface area contributed by atoms with Crippen molar-refractivity contribution in [3.8, 4) is 0 Å². The number of hydrogen-bond donors (Lipinski definition) is 2. The van der Waals surface area contributed by atoms with Gasteiger partial charge >= 0.3 is 5.97 Å². The molecule has 0 radical (unpaired) electrons. The number of nitrogens with zero attached hydrogens (tertiary/aromatic N) is 1. The molecule has 2 fully saturated rings. The lowest BCUT2D eigenvalue weighted by Crippen LogP contribution is -2.48. The normalized spacial score (nSPS) is 30.3. The van der Waals surface area contributed by atoms with Crippen molar-refractivity contribution in [3.05, 3.63) is 0 Å². The average molecular weight is 268 g/mol. The Morgan fingerprint density at radius 3 is 2.37 bits per heavy atom. The van der Waals surface area contributed by atoms with Crippen molar-refractivity contribution >= 4 is 11.9 Å². The van der Waals surface area contributed by atoms with E-state index in [4.69, 9.17) is 0 Å². The first-order chi connectivity index (χ1) is 9.00. The molecule has 5 nitrogen and oxygen atoms in total. The fourth-order valence-electron chi connectivity index (χ4n) is 3.25. The predicted molar refractivity (Wildman–Crippen MR) is 71.7 cm³/mol. The number of carbonyl (C=O) groups excluding carboxylic acids is 1. The third kappa shape index (κ3) is 2.61. The number of aliphatic carboxylic acids is 1. The summed E-state index contributed by atoms with van der Waals surface area (Å²) in [6.45, 7) is 6.85. The molecule has 2 saturated heterocycles. The maximum absolute atomic E-state index is 12.4. The summed E-state index contributed by atoms with van der Waals surface area (Å²) in [5.74, 6) is -0.0608. The predicted octanol–water partition coefficient (Wildman–Crippen LogP) is 0.945. The summed E-state index contributed by atoms with van der Waals surface area (Å²) in [6, 6.07) is 0. The Kier molecular flexibility index (Phi) is 4.13. The van der Waals surface area contributed by atoms with Crippen LogP contribution in [0.2, 0.25) is 0 Å². The zero-order valence-electron chi connectivity index (χ0n) is 11.8. The number of carboxylic acids is 1. The van der Waals surface area contributed by atoms with E-state index in [0.717, 1.165) is 13.1 Å². The van der Waals surface area contributed by atoms with Crippen molar-refractivity contribution in [2.45, 2.75) is 33.1 Å². The molecule has 0 aliphatic carbocycles. The zero-order chi connectivity index (χ0) is 14.0. The SMILES string of the molecule is CCC1(C(=O)O)CCN(C(=O)C2CNCC2C)CC1. The second kappa shape index (κ2) is 5.49. The second-order valence-corrected chi connectivity index (χ2v) is 6.01. The molecule has 0 bridgehead atoms. The standard InChI is InChI=1S/C14H24N2O3/c1-3-14(13(18)19)4-6-16(7-5-14)12(17)11-9-15-8-10(11)2/h10-11,15H,3-9H2,1-2H3,(H,18,19). The van der Waals surface area contributed by atoms with Gasteiger partial charge in [-0.15, -0.1) is 0 Å². The summed E-state index contributed by atoms with van der Waals surface area (Å²) in [6.07, 6.45) is 1.81. The minimum Gasteiger partial charge on any atom is -0.481 e. The van der Waals surface area contributed by atoms with Gasteiger partial charge < -0.3 is 15.3 Å². The van der Waals surface area contributed by atoms with Crippen LogP contribution in [0.4, 0.5) is 0 Å². The Morgan fingerprint density at radius 2 is 1.95 bits per heavy atom. The van der Waals surface area contributed by atoms with Gasteiger partial charge in [-0.05, 0) is 31.7 Å². The molecule has 2 unspecified atom stereocenters. The molecule has 5 heteroatoms. The summed E-state index contributed by atoms with van der Waals surface area (Å²) in [5, 5.41) is 12.6. The minimum atomic E-state index is -0.710. The van der Waals surface area contributed by atoms with Crippen molar-refractivity contribution in [3.63, 3.8) is 0 Å². The zero-order valence-corrected chi connectivity index (χ0v) is 11.8. The number of carbonyl (C=O) groups is 2. The molecular weight excluding hydrogens is 244 g/mol. The molecule has 2 heterocycles. The van der Waals surface area contributed by atoms with Crippen molar-refractivity contribution in [1.82, 2.24) is 10.2 Å². The van der Waals surface area contributed by atoms with Gasteiger partial charge in [0.2, 0.25) is 5.91 Å². The summed E-state index contributed by atoms with van der Waals surface area (Å²) in [7, 11) is 0. The van der Waals surface area contributed by atoms with Crippen LogP contribution < -0.4 is 5.32 Å². The third-order valence-corrected chi connectivity index (χ3v) is 5.00. The van der Waals surface area contributed by atoms with Gasteiger partial charge in [-0.1, -0.05) is 13.8 Å². The molecule has 2 aliphatic heterocycles. The van der Waals surface area contributed by atoms with E-state index in [1.807, 2.05) is 11.8 Å². The fourth-order valence-corrected chi connectivity index (χ4v) is 3.25. The molecule has 19 heavy (non-hydrogen) atoms. The summed E-state index contributed by atoms with van der Waals surface area (Å²) in [4.78, 5) is 25.7. The van der Waals surface area contributed by atoms with E-state index >= 15 is 0 Å². The van der Waals surface area contributed by atoms with Gasteiger partial charge in [0, 0.05) is 19.6 Å². The Bertz CT molecular complexity index is 362. The Labute approximate surface area is 114 Å². The average Bonchev–Trinajstić information content (AvgIpc) is 2.84. The number of nitrogens with one attached hydrogen (secondary N) is 1. The van der Waals surface area contributed by atoms with Crippen LogP contribution in [0.1, 0.15) is 33.1 Å². The maximum atomic E-state index is 12.4. The summed E-state index contributed by atoms with van der Waals surface area (Å²) >= 11 is 0. The first-order valence-electron chi connectivity index (χ1n) is 7.23. The van der Waals surface area contributed by atoms with Gasteiger partial charge in [-0.25, -0.2) is 0 Å². The van der Waals surface area contributed by atoms with Crippen LogP contribution in [-0.4, -0.2) is 48.1 Å². The van der Waals surface area contributed by atoms with E-state index in [9.17, 15) is 14.7 Å². The topological polar surface area (TPSA) is 69.6 Å². The first kappa shape index (κ1) is 14.3. The fraction of sp³-hybridized carbons (Fsp3) is 0.857. The van der Waals surface area contributed by atoms with E-state index in [-0.39, 0.29) is 11.8 Å². The van der Waals surface area contributed by atoms with Crippen LogP contribution in [0.3, 0.4) is 0 Å². The van der Waals surface area contributed by atoms with Gasteiger partial charge in [0.05, 0.1) is 11.3 Å². The van der Waals surface area contributed by atoms with E-state index in [1.54, 1.807) is 0 Å². The Morgan fingerprint density at radius 1 is 1.32 bits per heavy atom. The molecule has 108 valence electrons. The van der Waals surface area contributed by atoms with E-state index in [1.165, 1.54) is 0 Å². The van der Waals surface area contributed by atoms with E-state index < -0.39 is 11.4 Å². The van der Waals surface area contributed by atoms with Crippen molar-refractivity contribution in [1.29, 1.82) is 0 Å². The second-order valence-electron chi connectivity index (χ2n) is 6.01. The highest BCUT2D eigenvalue weighted by molar-refractivity contribution is 5.81. The molecule has 0 spiro atoms. The first-order valence-corrected chi connectivity index (χ1v) is 7.23. The smallest absolute Gasteiger partial charge is 0.309 e. The van der Waals surface area contributed by atoms with Gasteiger partial charge in [-0.2, -0.15) is 0 Å². The lowest BCUT2D eigenvalue weighted by atomic mass is 9.76. The molecule has 0 aromatic carbocycles. The Balaban J connectivity index is 1.96. The molecule has 2 atom stereocenters. The highest BCUT2D eigenvalue weighted by Crippen LogP contribution is 2.36.